The minimum Gasteiger partial charge on any atom is -0.474 e. The predicted octanol–water partition coefficient (Wildman–Crippen LogP) is 3.37. The number of carbonyl (C=O) groups is 2. The maximum absolute atomic E-state index is 14.8. The van der Waals surface area contributed by atoms with Crippen molar-refractivity contribution in [3.8, 4) is 5.75 Å². The van der Waals surface area contributed by atoms with Crippen LogP contribution in [0.25, 0.3) is 0 Å². The van der Waals surface area contributed by atoms with Gasteiger partial charge in [0.05, 0.1) is 17.4 Å². The zero-order chi connectivity index (χ0) is 27.0. The molecular weight excluding hydrogens is 491 g/mol. The van der Waals surface area contributed by atoms with Gasteiger partial charge in [0.1, 0.15) is 11.6 Å². The smallest absolute Gasteiger partial charge is 0.277 e. The van der Waals surface area contributed by atoms with E-state index in [9.17, 15) is 14.0 Å². The van der Waals surface area contributed by atoms with Crippen molar-refractivity contribution in [1.29, 1.82) is 0 Å². The van der Waals surface area contributed by atoms with E-state index in [2.05, 4.69) is 25.6 Å². The Bertz CT molecular complexity index is 1380. The molecule has 3 aromatic heterocycles. The molecule has 2 atom stereocenters. The Morgan fingerprint density at radius 1 is 1.18 bits per heavy atom. The molecule has 5 rings (SSSR count). The molecule has 0 bridgehead atoms. The molecule has 0 spiro atoms. The molecule has 1 saturated carbocycles. The van der Waals surface area contributed by atoms with Gasteiger partial charge in [0.2, 0.25) is 0 Å². The number of hydrogen-bond donors (Lipinski definition) is 4. The second kappa shape index (κ2) is 9.86. The van der Waals surface area contributed by atoms with Crippen LogP contribution in [0.3, 0.4) is 0 Å². The zero-order valence-corrected chi connectivity index (χ0v) is 21.1. The number of fused-ring (bicyclic) bond motifs is 1. The maximum atomic E-state index is 14.8. The molecule has 4 heterocycles. The Balaban J connectivity index is 1.43. The number of ether oxygens (including phenoxy) is 1. The summed E-state index contributed by atoms with van der Waals surface area (Å²) in [5.41, 5.74) is 10.9. The van der Waals surface area contributed by atoms with Crippen LogP contribution in [0.4, 0.5) is 33.3 Å². The summed E-state index contributed by atoms with van der Waals surface area (Å²) >= 11 is 0. The average molecular weight is 521 g/mol. The van der Waals surface area contributed by atoms with Gasteiger partial charge >= 0.3 is 0 Å². The summed E-state index contributed by atoms with van der Waals surface area (Å²) in [6.07, 6.45) is 6.68. The van der Waals surface area contributed by atoms with Gasteiger partial charge in [0, 0.05) is 18.3 Å². The molecule has 2 aliphatic rings. The minimum atomic E-state index is -1.12. The van der Waals surface area contributed by atoms with Crippen molar-refractivity contribution >= 4 is 40.8 Å². The standard InChI is InChI=1S/C26H29FN8O3/c1-26(2)25(37)35(24-19(38-26)8-5-11-30-24)20-10-9-14(13-31-20)32-22-15(21(29)36)12-16(27)23(34-22)33-18-7-4-3-6-17(18)28/h5,8-13,17-18H,3-4,6-7,28H2,1-2H3,(H2,29,36)(H2,32,33,34)/t17-,18+/m0/s1. The van der Waals surface area contributed by atoms with Gasteiger partial charge in [-0.3, -0.25) is 9.59 Å². The van der Waals surface area contributed by atoms with Gasteiger partial charge < -0.3 is 26.8 Å². The van der Waals surface area contributed by atoms with Crippen LogP contribution in [-0.2, 0) is 4.79 Å². The number of halogens is 1. The topological polar surface area (TPSA) is 161 Å². The van der Waals surface area contributed by atoms with Crippen LogP contribution < -0.4 is 31.7 Å². The fourth-order valence-corrected chi connectivity index (χ4v) is 4.64. The number of nitrogens with one attached hydrogen (secondary N) is 2. The molecule has 6 N–H and O–H groups in total. The predicted molar refractivity (Wildman–Crippen MR) is 140 cm³/mol. The summed E-state index contributed by atoms with van der Waals surface area (Å²) in [7, 11) is 0. The third-order valence-electron chi connectivity index (χ3n) is 6.67. The lowest BCUT2D eigenvalue weighted by atomic mass is 9.91. The number of amides is 2. The number of rotatable bonds is 6. The number of hydrogen-bond acceptors (Lipinski definition) is 9. The summed E-state index contributed by atoms with van der Waals surface area (Å²) in [6.45, 7) is 3.34. The van der Waals surface area contributed by atoms with Crippen LogP contribution in [0.15, 0.2) is 42.7 Å². The van der Waals surface area contributed by atoms with Crippen molar-refractivity contribution in [3.05, 3.63) is 54.1 Å². The molecule has 1 aliphatic heterocycles. The first kappa shape index (κ1) is 25.3. The van der Waals surface area contributed by atoms with E-state index in [1.807, 2.05) is 0 Å². The third kappa shape index (κ3) is 4.82. The summed E-state index contributed by atoms with van der Waals surface area (Å²) < 4.78 is 20.6. The number of primary amides is 1. The second-order valence-corrected chi connectivity index (χ2v) is 9.89. The Kier molecular flexibility index (Phi) is 6.57. The largest absolute Gasteiger partial charge is 0.474 e. The number of carbonyl (C=O) groups excluding carboxylic acids is 2. The molecular formula is C26H29FN8O3. The van der Waals surface area contributed by atoms with Crippen LogP contribution in [0.1, 0.15) is 49.9 Å². The molecule has 11 nitrogen and oxygen atoms in total. The Labute approximate surface area is 218 Å². The number of nitrogens with two attached hydrogens (primary N) is 2. The third-order valence-corrected chi connectivity index (χ3v) is 6.67. The molecule has 0 saturated heterocycles. The quantitative estimate of drug-likeness (QED) is 0.382. The first-order valence-electron chi connectivity index (χ1n) is 12.4. The van der Waals surface area contributed by atoms with Gasteiger partial charge in [-0.05, 0) is 57.0 Å². The summed E-state index contributed by atoms with van der Waals surface area (Å²) in [5, 5.41) is 6.07. The number of pyridine rings is 3. The lowest BCUT2D eigenvalue weighted by molar-refractivity contribution is -0.131. The highest BCUT2D eigenvalue weighted by atomic mass is 19.1. The monoisotopic (exact) mass is 520 g/mol. The Morgan fingerprint density at radius 2 is 1.97 bits per heavy atom. The lowest BCUT2D eigenvalue weighted by Crippen LogP contribution is -2.51. The van der Waals surface area contributed by atoms with Crippen molar-refractivity contribution in [2.45, 2.75) is 57.2 Å². The fraction of sp³-hybridized carbons (Fsp3) is 0.346. The Morgan fingerprint density at radius 3 is 2.68 bits per heavy atom. The van der Waals surface area contributed by atoms with E-state index in [0.29, 0.717) is 23.1 Å². The van der Waals surface area contributed by atoms with E-state index in [0.717, 1.165) is 31.7 Å². The van der Waals surface area contributed by atoms with E-state index in [4.69, 9.17) is 16.2 Å². The zero-order valence-electron chi connectivity index (χ0n) is 21.1. The van der Waals surface area contributed by atoms with E-state index in [-0.39, 0.29) is 35.2 Å². The van der Waals surface area contributed by atoms with Crippen molar-refractivity contribution < 1.29 is 18.7 Å². The van der Waals surface area contributed by atoms with Crippen LogP contribution in [0, 0.1) is 5.82 Å². The van der Waals surface area contributed by atoms with Gasteiger partial charge in [0.25, 0.3) is 11.8 Å². The van der Waals surface area contributed by atoms with Crippen molar-refractivity contribution in [3.63, 3.8) is 0 Å². The molecule has 198 valence electrons. The van der Waals surface area contributed by atoms with Crippen LogP contribution in [0.2, 0.25) is 0 Å². The molecule has 2 amide bonds. The van der Waals surface area contributed by atoms with Crippen molar-refractivity contribution in [1.82, 2.24) is 15.0 Å². The minimum absolute atomic E-state index is 0.0201. The normalized spacial score (nSPS) is 20.3. The molecule has 38 heavy (non-hydrogen) atoms. The summed E-state index contributed by atoms with van der Waals surface area (Å²) in [4.78, 5) is 39.6. The van der Waals surface area contributed by atoms with Gasteiger partial charge in [-0.15, -0.1) is 0 Å². The van der Waals surface area contributed by atoms with E-state index >= 15 is 0 Å². The second-order valence-electron chi connectivity index (χ2n) is 9.89. The maximum Gasteiger partial charge on any atom is 0.277 e. The lowest BCUT2D eigenvalue weighted by Gasteiger charge is -2.37. The molecule has 12 heteroatoms. The highest BCUT2D eigenvalue weighted by Crippen LogP contribution is 2.39. The van der Waals surface area contributed by atoms with Crippen molar-refractivity contribution in [2.24, 2.45) is 11.5 Å². The van der Waals surface area contributed by atoms with Gasteiger partial charge in [-0.2, -0.15) is 0 Å². The Hall–Kier alpha value is -4.32. The van der Waals surface area contributed by atoms with Gasteiger partial charge in [0.15, 0.2) is 28.8 Å². The van der Waals surface area contributed by atoms with E-state index < -0.39 is 17.3 Å². The van der Waals surface area contributed by atoms with Gasteiger partial charge in [-0.25, -0.2) is 24.2 Å². The summed E-state index contributed by atoms with van der Waals surface area (Å²) in [6, 6.07) is 7.52. The first-order valence-corrected chi connectivity index (χ1v) is 12.4. The number of aromatic nitrogens is 3. The van der Waals surface area contributed by atoms with E-state index in [1.165, 1.54) is 11.1 Å². The molecule has 1 aliphatic carbocycles. The SMILES string of the molecule is CC1(C)Oc2cccnc2N(c2ccc(Nc3nc(N[C@@H]4CCCC[C@@H]4N)c(F)cc3C(N)=O)cn2)C1=O. The number of anilines is 5. The fourth-order valence-electron chi connectivity index (χ4n) is 4.64. The van der Waals surface area contributed by atoms with Crippen LogP contribution in [0.5, 0.6) is 5.75 Å². The summed E-state index contributed by atoms with van der Waals surface area (Å²) in [5.74, 6) is -0.705. The van der Waals surface area contributed by atoms with Crippen LogP contribution in [-0.4, -0.2) is 44.5 Å². The molecule has 3 aromatic rings. The first-order chi connectivity index (χ1) is 18.1. The molecule has 0 aromatic carbocycles. The molecule has 0 radical (unpaired) electrons. The molecule has 1 fully saturated rings. The van der Waals surface area contributed by atoms with E-state index in [1.54, 1.807) is 44.3 Å². The highest BCUT2D eigenvalue weighted by molar-refractivity contribution is 6.06. The van der Waals surface area contributed by atoms with Crippen LogP contribution >= 0.6 is 0 Å². The van der Waals surface area contributed by atoms with Crippen molar-refractivity contribution in [2.75, 3.05) is 15.5 Å². The molecule has 0 unspecified atom stereocenters. The highest BCUT2D eigenvalue weighted by Gasteiger charge is 2.43. The number of nitrogens with zero attached hydrogens (tertiary/aromatic N) is 4. The van der Waals surface area contributed by atoms with Gasteiger partial charge in [-0.1, -0.05) is 12.8 Å². The average Bonchev–Trinajstić information content (AvgIpc) is 2.88.